The summed E-state index contributed by atoms with van der Waals surface area (Å²) in [5.41, 5.74) is 4.49. The van der Waals surface area contributed by atoms with Crippen LogP contribution in [0.3, 0.4) is 0 Å². The van der Waals surface area contributed by atoms with Gasteiger partial charge in [-0.1, -0.05) is 78.9 Å². The highest BCUT2D eigenvalue weighted by Crippen LogP contribution is 2.43. The van der Waals surface area contributed by atoms with Crippen molar-refractivity contribution < 1.29 is 4.79 Å². The summed E-state index contributed by atoms with van der Waals surface area (Å²) in [5, 5.41) is 11.9. The van der Waals surface area contributed by atoms with Crippen LogP contribution in [0.25, 0.3) is 33.2 Å². The number of nitriles is 1. The zero-order chi connectivity index (χ0) is 18.5. The van der Waals surface area contributed by atoms with E-state index in [9.17, 15) is 10.1 Å². The van der Waals surface area contributed by atoms with Gasteiger partial charge >= 0.3 is 0 Å². The second-order valence-corrected chi connectivity index (χ2v) is 6.88. The maximum absolute atomic E-state index is 13.2. The van der Waals surface area contributed by atoms with Gasteiger partial charge in [-0.25, -0.2) is 0 Å². The predicted octanol–water partition coefficient (Wildman–Crippen LogP) is 5.65. The number of nitrogens with zero attached hydrogens (tertiary/aromatic N) is 1. The Morgan fingerprint density at radius 1 is 0.815 bits per heavy atom. The zero-order valence-electron chi connectivity index (χ0n) is 14.1. The second-order valence-electron chi connectivity index (χ2n) is 6.47. The number of carbonyl (C=O) groups excluding carboxylic acids is 1. The predicted molar refractivity (Wildman–Crippen MR) is 108 cm³/mol. The number of rotatable bonds is 1. The molecule has 1 aliphatic carbocycles. The minimum absolute atomic E-state index is 0.0775. The average molecular weight is 364 g/mol. The molecule has 0 unspecified atom stereocenters. The Morgan fingerprint density at radius 3 is 2.30 bits per heavy atom. The molecule has 1 aromatic heterocycles. The molecule has 3 aromatic carbocycles. The molecule has 126 valence electrons. The largest absolute Gasteiger partial charge is 0.344 e. The second kappa shape index (κ2) is 5.73. The highest BCUT2D eigenvalue weighted by molar-refractivity contribution is 7.71. The van der Waals surface area contributed by atoms with Gasteiger partial charge in [-0.2, -0.15) is 5.26 Å². The van der Waals surface area contributed by atoms with Crippen LogP contribution in [0.1, 0.15) is 21.5 Å². The smallest absolute Gasteiger partial charge is 0.196 e. The molecule has 0 radical (unpaired) electrons. The minimum atomic E-state index is -0.0775. The summed E-state index contributed by atoms with van der Waals surface area (Å²) in [6.07, 6.45) is 0. The van der Waals surface area contributed by atoms with Gasteiger partial charge in [0.2, 0.25) is 0 Å². The van der Waals surface area contributed by atoms with E-state index >= 15 is 0 Å². The molecule has 0 amide bonds. The van der Waals surface area contributed by atoms with Gasteiger partial charge in [0.05, 0.1) is 16.8 Å². The highest BCUT2D eigenvalue weighted by atomic mass is 32.1. The first-order chi connectivity index (χ1) is 13.2. The first-order valence-electron chi connectivity index (χ1n) is 8.53. The number of nitrogens with one attached hydrogen (secondary N) is 1. The maximum Gasteiger partial charge on any atom is 0.196 e. The Balaban J connectivity index is 1.98. The molecule has 0 spiro atoms. The molecule has 1 N–H and O–H groups in total. The molecule has 27 heavy (non-hydrogen) atoms. The van der Waals surface area contributed by atoms with Crippen molar-refractivity contribution in [3.63, 3.8) is 0 Å². The molecule has 3 nitrogen and oxygen atoms in total. The van der Waals surface area contributed by atoms with Crippen molar-refractivity contribution in [3.05, 3.63) is 88.1 Å². The van der Waals surface area contributed by atoms with Gasteiger partial charge in [-0.15, -0.1) is 0 Å². The Kier molecular flexibility index (Phi) is 3.33. The SMILES string of the molecule is N#Cc1c(-c2cccc3ccccc23)c2c([nH]c1=S)-c1ccccc1C2=O. The first kappa shape index (κ1) is 15.7. The molecule has 1 heterocycles. The third-order valence-corrected chi connectivity index (χ3v) is 5.36. The molecular weight excluding hydrogens is 352 g/mol. The number of pyridine rings is 1. The third-order valence-electron chi connectivity index (χ3n) is 5.05. The van der Waals surface area contributed by atoms with Crippen LogP contribution in [-0.4, -0.2) is 10.8 Å². The molecule has 1 aliphatic rings. The lowest BCUT2D eigenvalue weighted by Crippen LogP contribution is -2.03. The number of H-pyrrole nitrogens is 1. The van der Waals surface area contributed by atoms with Gasteiger partial charge in [-0.3, -0.25) is 4.79 Å². The fraction of sp³-hybridized carbons (Fsp3) is 0. The van der Waals surface area contributed by atoms with Crippen LogP contribution in [0.2, 0.25) is 0 Å². The lowest BCUT2D eigenvalue weighted by atomic mass is 9.91. The van der Waals surface area contributed by atoms with Crippen molar-refractivity contribution >= 4 is 28.8 Å². The van der Waals surface area contributed by atoms with E-state index in [2.05, 4.69) is 11.1 Å². The number of fused-ring (bicyclic) bond motifs is 4. The molecule has 0 bridgehead atoms. The van der Waals surface area contributed by atoms with Gasteiger partial charge in [0.15, 0.2) is 5.78 Å². The number of hydrogen-bond donors (Lipinski definition) is 1. The number of benzene rings is 3. The van der Waals surface area contributed by atoms with Gasteiger partial charge in [0.1, 0.15) is 10.7 Å². The van der Waals surface area contributed by atoms with E-state index in [-0.39, 0.29) is 5.78 Å². The molecule has 0 fully saturated rings. The van der Waals surface area contributed by atoms with Crippen LogP contribution in [-0.2, 0) is 0 Å². The molecule has 4 heteroatoms. The Morgan fingerprint density at radius 2 is 1.48 bits per heavy atom. The van der Waals surface area contributed by atoms with Crippen LogP contribution in [0, 0.1) is 16.0 Å². The molecule has 5 rings (SSSR count). The normalized spacial score (nSPS) is 11.9. The average Bonchev–Trinajstić information content (AvgIpc) is 2.99. The molecule has 0 aliphatic heterocycles. The van der Waals surface area contributed by atoms with Gasteiger partial charge < -0.3 is 4.98 Å². The fourth-order valence-corrected chi connectivity index (χ4v) is 4.13. The summed E-state index contributed by atoms with van der Waals surface area (Å²) in [6.45, 7) is 0. The number of hydrogen-bond acceptors (Lipinski definition) is 3. The van der Waals surface area contributed by atoms with E-state index in [1.165, 1.54) is 0 Å². The first-order valence-corrected chi connectivity index (χ1v) is 8.94. The summed E-state index contributed by atoms with van der Waals surface area (Å²) in [6, 6.07) is 23.5. The van der Waals surface area contributed by atoms with Crippen LogP contribution in [0.15, 0.2) is 66.7 Å². The fourth-order valence-electron chi connectivity index (χ4n) is 3.88. The number of aromatic amines is 1. The number of aromatic nitrogens is 1. The van der Waals surface area contributed by atoms with E-state index in [1.54, 1.807) is 0 Å². The Bertz CT molecular complexity index is 1370. The summed E-state index contributed by atoms with van der Waals surface area (Å²) in [4.78, 5) is 16.4. The summed E-state index contributed by atoms with van der Waals surface area (Å²) in [7, 11) is 0. The van der Waals surface area contributed by atoms with Crippen LogP contribution < -0.4 is 0 Å². The van der Waals surface area contributed by atoms with Gasteiger partial charge in [-0.05, 0) is 16.3 Å². The summed E-state index contributed by atoms with van der Waals surface area (Å²) >= 11 is 5.48. The van der Waals surface area contributed by atoms with Crippen molar-refractivity contribution in [2.24, 2.45) is 0 Å². The van der Waals surface area contributed by atoms with E-state index in [0.717, 1.165) is 21.9 Å². The highest BCUT2D eigenvalue weighted by Gasteiger charge is 2.32. The van der Waals surface area contributed by atoms with Crippen LogP contribution >= 0.6 is 12.2 Å². The van der Waals surface area contributed by atoms with Gasteiger partial charge in [0.25, 0.3) is 0 Å². The minimum Gasteiger partial charge on any atom is -0.344 e. The zero-order valence-corrected chi connectivity index (χ0v) is 14.9. The van der Waals surface area contributed by atoms with E-state index < -0.39 is 0 Å². The van der Waals surface area contributed by atoms with Crippen molar-refractivity contribution in [3.8, 4) is 28.5 Å². The Labute approximate surface area is 160 Å². The monoisotopic (exact) mass is 364 g/mol. The molecule has 0 saturated heterocycles. The molecular formula is C23H12N2OS. The third kappa shape index (κ3) is 2.13. The quantitative estimate of drug-likeness (QED) is 0.391. The standard InChI is InChI=1S/C23H12N2OS/c24-12-18-19(15-11-5-7-13-6-1-2-8-14(13)15)20-21(25-23(18)27)16-9-3-4-10-17(16)22(20)26/h1-11H,(H,25,27). The van der Waals surface area contributed by atoms with Crippen LogP contribution in [0.5, 0.6) is 0 Å². The Hall–Kier alpha value is -3.55. The summed E-state index contributed by atoms with van der Waals surface area (Å²) < 4.78 is 0.351. The maximum atomic E-state index is 13.2. The van der Waals surface area contributed by atoms with E-state index in [1.807, 2.05) is 66.7 Å². The van der Waals surface area contributed by atoms with Crippen molar-refractivity contribution in [2.75, 3.05) is 0 Å². The molecule has 0 atom stereocenters. The summed E-state index contributed by atoms with van der Waals surface area (Å²) in [5.74, 6) is -0.0775. The van der Waals surface area contributed by atoms with Crippen LogP contribution in [0.4, 0.5) is 0 Å². The number of ketones is 1. The topological polar surface area (TPSA) is 56.6 Å². The molecule has 4 aromatic rings. The van der Waals surface area contributed by atoms with Crippen molar-refractivity contribution in [1.29, 1.82) is 5.26 Å². The van der Waals surface area contributed by atoms with E-state index in [0.29, 0.717) is 32.6 Å². The van der Waals surface area contributed by atoms with E-state index in [4.69, 9.17) is 12.2 Å². The van der Waals surface area contributed by atoms with Crippen molar-refractivity contribution in [2.45, 2.75) is 0 Å². The lowest BCUT2D eigenvalue weighted by molar-refractivity contribution is 0.104. The van der Waals surface area contributed by atoms with Gasteiger partial charge in [0, 0.05) is 16.7 Å². The number of carbonyl (C=O) groups is 1. The van der Waals surface area contributed by atoms with Crippen molar-refractivity contribution in [1.82, 2.24) is 4.98 Å². The lowest BCUT2D eigenvalue weighted by Gasteiger charge is -2.13. The molecule has 0 saturated carbocycles.